The van der Waals surface area contributed by atoms with Crippen LogP contribution in [0.4, 0.5) is 15.8 Å². The van der Waals surface area contributed by atoms with Crippen molar-refractivity contribution in [1.29, 1.82) is 0 Å². The Kier molecular flexibility index (Phi) is 5.22. The Hall–Kier alpha value is -2.81. The zero-order valence-corrected chi connectivity index (χ0v) is 15.6. The van der Waals surface area contributed by atoms with E-state index in [1.54, 1.807) is 12.1 Å². The van der Waals surface area contributed by atoms with E-state index in [0.717, 1.165) is 10.6 Å². The number of halogens is 1. The Labute approximate surface area is 156 Å². The number of carbonyl (C=O) groups is 1. The van der Waals surface area contributed by atoms with Crippen LogP contribution in [-0.4, -0.2) is 39.8 Å². The van der Waals surface area contributed by atoms with Gasteiger partial charge in [-0.05, 0) is 43.3 Å². The maximum absolute atomic E-state index is 13.0. The van der Waals surface area contributed by atoms with E-state index in [-0.39, 0.29) is 5.69 Å². The molecule has 1 aliphatic rings. The van der Waals surface area contributed by atoms with Crippen LogP contribution in [0.3, 0.4) is 0 Å². The third-order valence-corrected chi connectivity index (χ3v) is 5.22. The minimum Gasteiger partial charge on any atom is -0.486 e. The van der Waals surface area contributed by atoms with Crippen LogP contribution in [0.2, 0.25) is 0 Å². The Bertz CT molecular complexity index is 947. The maximum Gasteiger partial charge on any atom is 0.247 e. The first kappa shape index (κ1) is 19.0. The topological polar surface area (TPSA) is 84.9 Å². The maximum atomic E-state index is 13.0. The molecule has 0 unspecified atom stereocenters. The minimum absolute atomic E-state index is 0.281. The van der Waals surface area contributed by atoms with Crippen molar-refractivity contribution in [1.82, 2.24) is 0 Å². The van der Waals surface area contributed by atoms with Gasteiger partial charge in [0.1, 0.15) is 25.1 Å². The number of fused-ring (bicyclic) bond motifs is 1. The van der Waals surface area contributed by atoms with Crippen molar-refractivity contribution in [2.24, 2.45) is 0 Å². The SMILES string of the molecule is C[C@@H](C(=O)Nc1ccc(F)cc1)N(c1ccc2c(c1)OCCO2)S(C)(=O)=O. The van der Waals surface area contributed by atoms with Crippen LogP contribution in [0.1, 0.15) is 6.92 Å². The number of hydrogen-bond acceptors (Lipinski definition) is 5. The summed E-state index contributed by atoms with van der Waals surface area (Å²) in [6, 6.07) is 8.83. The Morgan fingerprint density at radius 3 is 2.37 bits per heavy atom. The van der Waals surface area contributed by atoms with Crippen molar-refractivity contribution in [3.8, 4) is 11.5 Å². The second kappa shape index (κ2) is 7.43. The molecule has 2 aromatic carbocycles. The van der Waals surface area contributed by atoms with Gasteiger partial charge in [0.05, 0.1) is 11.9 Å². The van der Waals surface area contributed by atoms with Crippen LogP contribution in [0.5, 0.6) is 11.5 Å². The van der Waals surface area contributed by atoms with Gasteiger partial charge in [0.2, 0.25) is 15.9 Å². The number of carbonyl (C=O) groups excluding carboxylic acids is 1. The fourth-order valence-electron chi connectivity index (χ4n) is 2.76. The van der Waals surface area contributed by atoms with Gasteiger partial charge in [0.15, 0.2) is 11.5 Å². The zero-order valence-electron chi connectivity index (χ0n) is 14.8. The van der Waals surface area contributed by atoms with E-state index in [0.29, 0.717) is 30.4 Å². The van der Waals surface area contributed by atoms with Gasteiger partial charge in [-0.15, -0.1) is 0 Å². The third kappa shape index (κ3) is 4.30. The van der Waals surface area contributed by atoms with Crippen molar-refractivity contribution < 1.29 is 27.1 Å². The highest BCUT2D eigenvalue weighted by molar-refractivity contribution is 7.92. The molecule has 7 nitrogen and oxygen atoms in total. The molecule has 3 rings (SSSR count). The molecule has 0 radical (unpaired) electrons. The van der Waals surface area contributed by atoms with E-state index in [1.165, 1.54) is 37.3 Å². The highest BCUT2D eigenvalue weighted by Crippen LogP contribution is 2.35. The number of benzene rings is 2. The number of anilines is 2. The van der Waals surface area contributed by atoms with Gasteiger partial charge < -0.3 is 14.8 Å². The standard InChI is InChI=1S/C18H19FN2O5S/c1-12(18(22)20-14-5-3-13(19)4-6-14)21(27(2,23)24)15-7-8-16-17(11-15)26-10-9-25-16/h3-8,11-12H,9-10H2,1-2H3,(H,20,22)/t12-/m0/s1. The summed E-state index contributed by atoms with van der Waals surface area (Å²) in [5.74, 6) is -0.0579. The summed E-state index contributed by atoms with van der Waals surface area (Å²) in [6.07, 6.45) is 1.02. The molecular formula is C18H19FN2O5S. The largest absolute Gasteiger partial charge is 0.486 e. The first-order valence-corrected chi connectivity index (χ1v) is 10.1. The molecule has 1 atom stereocenters. The lowest BCUT2D eigenvalue weighted by Gasteiger charge is -2.29. The summed E-state index contributed by atoms with van der Waals surface area (Å²) in [5.41, 5.74) is 0.646. The van der Waals surface area contributed by atoms with E-state index < -0.39 is 27.8 Å². The summed E-state index contributed by atoms with van der Waals surface area (Å²) < 4.78 is 49.7. The predicted octanol–water partition coefficient (Wildman–Crippen LogP) is 2.39. The summed E-state index contributed by atoms with van der Waals surface area (Å²) in [6.45, 7) is 2.24. The van der Waals surface area contributed by atoms with E-state index in [4.69, 9.17) is 9.47 Å². The highest BCUT2D eigenvalue weighted by Gasteiger charge is 2.30. The van der Waals surface area contributed by atoms with Gasteiger partial charge in [-0.3, -0.25) is 9.10 Å². The molecule has 1 aliphatic heterocycles. The molecule has 0 aromatic heterocycles. The molecule has 0 saturated carbocycles. The quantitative estimate of drug-likeness (QED) is 0.842. The lowest BCUT2D eigenvalue weighted by Crippen LogP contribution is -2.45. The smallest absolute Gasteiger partial charge is 0.247 e. The van der Waals surface area contributed by atoms with Gasteiger partial charge in [0.25, 0.3) is 0 Å². The molecule has 27 heavy (non-hydrogen) atoms. The van der Waals surface area contributed by atoms with Crippen molar-refractivity contribution in [3.05, 3.63) is 48.3 Å². The van der Waals surface area contributed by atoms with Gasteiger partial charge in [0, 0.05) is 11.8 Å². The molecule has 0 bridgehead atoms. The second-order valence-corrected chi connectivity index (χ2v) is 7.92. The first-order chi connectivity index (χ1) is 12.8. The average Bonchev–Trinajstić information content (AvgIpc) is 2.62. The molecular weight excluding hydrogens is 375 g/mol. The van der Waals surface area contributed by atoms with Crippen molar-refractivity contribution in [3.63, 3.8) is 0 Å². The van der Waals surface area contributed by atoms with Gasteiger partial charge >= 0.3 is 0 Å². The average molecular weight is 394 g/mol. The molecule has 144 valence electrons. The summed E-state index contributed by atoms with van der Waals surface area (Å²) >= 11 is 0. The van der Waals surface area contributed by atoms with Gasteiger partial charge in [-0.2, -0.15) is 0 Å². The van der Waals surface area contributed by atoms with Crippen LogP contribution >= 0.6 is 0 Å². The number of rotatable bonds is 5. The molecule has 1 heterocycles. The monoisotopic (exact) mass is 394 g/mol. The second-order valence-electron chi connectivity index (χ2n) is 6.06. The zero-order chi connectivity index (χ0) is 19.6. The molecule has 1 N–H and O–H groups in total. The van der Waals surface area contributed by atoms with Gasteiger partial charge in [-0.25, -0.2) is 12.8 Å². The Morgan fingerprint density at radius 1 is 1.11 bits per heavy atom. The number of sulfonamides is 1. The summed E-state index contributed by atoms with van der Waals surface area (Å²) in [7, 11) is -3.77. The fourth-order valence-corrected chi connectivity index (χ4v) is 3.92. The minimum atomic E-state index is -3.77. The lowest BCUT2D eigenvalue weighted by molar-refractivity contribution is -0.116. The van der Waals surface area contributed by atoms with E-state index in [9.17, 15) is 17.6 Å². The highest BCUT2D eigenvalue weighted by atomic mass is 32.2. The Balaban J connectivity index is 1.88. The molecule has 1 amide bonds. The van der Waals surface area contributed by atoms with E-state index >= 15 is 0 Å². The molecule has 2 aromatic rings. The molecule has 9 heteroatoms. The van der Waals surface area contributed by atoms with Crippen LogP contribution in [0.25, 0.3) is 0 Å². The van der Waals surface area contributed by atoms with Crippen molar-refractivity contribution in [2.45, 2.75) is 13.0 Å². The van der Waals surface area contributed by atoms with Crippen molar-refractivity contribution >= 4 is 27.3 Å². The summed E-state index contributed by atoms with van der Waals surface area (Å²) in [4.78, 5) is 12.6. The van der Waals surface area contributed by atoms with E-state index in [2.05, 4.69) is 5.32 Å². The lowest BCUT2D eigenvalue weighted by atomic mass is 10.2. The fraction of sp³-hybridized carbons (Fsp3) is 0.278. The molecule has 0 spiro atoms. The van der Waals surface area contributed by atoms with E-state index in [1.807, 2.05) is 0 Å². The van der Waals surface area contributed by atoms with Gasteiger partial charge in [-0.1, -0.05) is 0 Å². The van der Waals surface area contributed by atoms with Crippen molar-refractivity contribution in [2.75, 3.05) is 29.1 Å². The number of nitrogens with zero attached hydrogens (tertiary/aromatic N) is 1. The first-order valence-electron chi connectivity index (χ1n) is 8.21. The Morgan fingerprint density at radius 2 is 1.74 bits per heavy atom. The number of ether oxygens (including phenoxy) is 2. The van der Waals surface area contributed by atoms with Crippen LogP contribution in [-0.2, 0) is 14.8 Å². The third-order valence-electron chi connectivity index (χ3n) is 3.98. The number of nitrogens with one attached hydrogen (secondary N) is 1. The van der Waals surface area contributed by atoms with Crippen LogP contribution in [0.15, 0.2) is 42.5 Å². The predicted molar refractivity (Wildman–Crippen MR) is 99.2 cm³/mol. The molecule has 0 fully saturated rings. The van der Waals surface area contributed by atoms with Crippen LogP contribution in [0, 0.1) is 5.82 Å². The normalized spacial score (nSPS) is 14.3. The molecule has 0 aliphatic carbocycles. The number of hydrogen-bond donors (Lipinski definition) is 1. The van der Waals surface area contributed by atoms with Crippen LogP contribution < -0.4 is 19.1 Å². The molecule has 0 saturated heterocycles. The number of amides is 1. The summed E-state index contributed by atoms with van der Waals surface area (Å²) in [5, 5.41) is 2.59.